The third-order valence-electron chi connectivity index (χ3n) is 4.61. The first-order valence-corrected chi connectivity index (χ1v) is 10.5. The summed E-state index contributed by atoms with van der Waals surface area (Å²) >= 11 is 6.33. The maximum absolute atomic E-state index is 12.7. The van der Waals surface area contributed by atoms with E-state index in [9.17, 15) is 13.2 Å². The van der Waals surface area contributed by atoms with Gasteiger partial charge in [-0.3, -0.25) is 0 Å². The van der Waals surface area contributed by atoms with Gasteiger partial charge >= 0.3 is 5.97 Å². The van der Waals surface area contributed by atoms with Gasteiger partial charge in [-0.15, -0.1) is 4.40 Å². The molecule has 0 atom stereocenters. The first-order valence-electron chi connectivity index (χ1n) is 8.68. The minimum absolute atomic E-state index is 0.00341. The number of ether oxygens (including phenoxy) is 1. The number of amidine groups is 1. The molecule has 0 unspecified atom stereocenters. The molecule has 8 heteroatoms. The van der Waals surface area contributed by atoms with Crippen LogP contribution in [0.25, 0.3) is 0 Å². The number of hydrogen-bond acceptors (Lipinski definition) is 5. The van der Waals surface area contributed by atoms with Crippen molar-refractivity contribution in [3.05, 3.63) is 53.1 Å². The minimum atomic E-state index is -3.89. The molecule has 0 radical (unpaired) electrons. The second kappa shape index (κ2) is 6.98. The van der Waals surface area contributed by atoms with E-state index in [0.29, 0.717) is 30.2 Å². The highest BCUT2D eigenvalue weighted by molar-refractivity contribution is 7.90. The molecule has 0 N–H and O–H groups in total. The average Bonchev–Trinajstić information content (AvgIpc) is 2.87. The molecule has 2 aromatic carbocycles. The van der Waals surface area contributed by atoms with Crippen LogP contribution in [-0.2, 0) is 10.0 Å². The molecule has 140 valence electrons. The van der Waals surface area contributed by atoms with Gasteiger partial charge in [0.05, 0.1) is 16.3 Å². The van der Waals surface area contributed by atoms with E-state index < -0.39 is 16.0 Å². The zero-order chi connectivity index (χ0) is 19.0. The van der Waals surface area contributed by atoms with E-state index >= 15 is 0 Å². The number of carbonyl (C=O) groups excluding carboxylic acids is 1. The van der Waals surface area contributed by atoms with E-state index in [4.69, 9.17) is 16.3 Å². The number of anilines is 1. The molecule has 1 saturated heterocycles. The molecule has 0 aromatic heterocycles. The predicted molar refractivity (Wildman–Crippen MR) is 103 cm³/mol. The van der Waals surface area contributed by atoms with Crippen LogP contribution in [0.5, 0.6) is 5.75 Å². The topological polar surface area (TPSA) is 76.0 Å². The lowest BCUT2D eigenvalue weighted by molar-refractivity contribution is 0.0734. The van der Waals surface area contributed by atoms with Gasteiger partial charge in [0.1, 0.15) is 16.5 Å². The van der Waals surface area contributed by atoms with E-state index in [2.05, 4.69) is 4.40 Å². The molecule has 2 aliphatic rings. The first-order chi connectivity index (χ1) is 13.0. The van der Waals surface area contributed by atoms with Gasteiger partial charge in [0, 0.05) is 13.0 Å². The van der Waals surface area contributed by atoms with Gasteiger partial charge < -0.3 is 9.64 Å². The van der Waals surface area contributed by atoms with Crippen LogP contribution in [0, 0.1) is 0 Å². The number of esters is 1. The zero-order valence-corrected chi connectivity index (χ0v) is 16.0. The summed E-state index contributed by atoms with van der Waals surface area (Å²) in [5, 5.41) is 0.148. The van der Waals surface area contributed by atoms with Gasteiger partial charge in [0.25, 0.3) is 10.0 Å². The Hall–Kier alpha value is -2.38. The van der Waals surface area contributed by atoms with E-state index in [-0.39, 0.29) is 15.5 Å². The molecule has 0 spiro atoms. The second-order valence-corrected chi connectivity index (χ2v) is 8.43. The fourth-order valence-corrected chi connectivity index (χ4v) is 4.80. The highest BCUT2D eigenvalue weighted by Crippen LogP contribution is 2.38. The number of rotatable bonds is 2. The number of hydrogen-bond donors (Lipinski definition) is 0. The van der Waals surface area contributed by atoms with Crippen molar-refractivity contribution in [1.29, 1.82) is 0 Å². The van der Waals surface area contributed by atoms with Crippen LogP contribution in [0.1, 0.15) is 36.0 Å². The van der Waals surface area contributed by atoms with Crippen LogP contribution in [0.2, 0.25) is 5.02 Å². The van der Waals surface area contributed by atoms with Crippen molar-refractivity contribution < 1.29 is 17.9 Å². The Morgan fingerprint density at radius 2 is 1.89 bits per heavy atom. The Labute approximate surface area is 162 Å². The van der Waals surface area contributed by atoms with Gasteiger partial charge in [0.2, 0.25) is 0 Å². The van der Waals surface area contributed by atoms with Crippen LogP contribution < -0.4 is 9.64 Å². The lowest BCUT2D eigenvalue weighted by Crippen LogP contribution is -2.35. The summed E-state index contributed by atoms with van der Waals surface area (Å²) in [7, 11) is -3.89. The maximum atomic E-state index is 12.7. The monoisotopic (exact) mass is 404 g/mol. The summed E-state index contributed by atoms with van der Waals surface area (Å²) in [6.07, 6.45) is 3.46. The number of nitrogens with zero attached hydrogens (tertiary/aromatic N) is 2. The Morgan fingerprint density at radius 1 is 1.11 bits per heavy atom. The average molecular weight is 405 g/mol. The van der Waals surface area contributed by atoms with Crippen molar-refractivity contribution in [1.82, 2.24) is 0 Å². The van der Waals surface area contributed by atoms with E-state index in [1.807, 2.05) is 4.90 Å². The molecule has 1 fully saturated rings. The zero-order valence-electron chi connectivity index (χ0n) is 14.4. The number of fused-ring (bicyclic) bond motifs is 3. The van der Waals surface area contributed by atoms with Crippen molar-refractivity contribution in [3.63, 3.8) is 0 Å². The second-order valence-electron chi connectivity index (χ2n) is 6.45. The molecule has 27 heavy (non-hydrogen) atoms. The summed E-state index contributed by atoms with van der Waals surface area (Å²) < 4.78 is 34.6. The summed E-state index contributed by atoms with van der Waals surface area (Å²) in [5.74, 6) is 0.178. The molecule has 0 saturated carbocycles. The van der Waals surface area contributed by atoms with Crippen LogP contribution in [-0.4, -0.2) is 26.8 Å². The fraction of sp³-hybridized carbons (Fsp3) is 0.263. The molecule has 4 rings (SSSR count). The predicted octanol–water partition coefficient (Wildman–Crippen LogP) is 4.04. The molecular formula is C19H17ClN2O4S. The molecule has 2 aliphatic heterocycles. The van der Waals surface area contributed by atoms with Crippen molar-refractivity contribution in [2.45, 2.75) is 30.6 Å². The number of carbonyl (C=O) groups is 1. The summed E-state index contributed by atoms with van der Waals surface area (Å²) in [6, 6.07) is 11.3. The normalized spacial score (nSPS) is 18.0. The summed E-state index contributed by atoms with van der Waals surface area (Å²) in [4.78, 5) is 14.4. The molecule has 0 bridgehead atoms. The number of halogens is 1. The largest absolute Gasteiger partial charge is 0.423 e. The highest BCUT2D eigenvalue weighted by atomic mass is 35.5. The Morgan fingerprint density at radius 3 is 2.67 bits per heavy atom. The lowest BCUT2D eigenvalue weighted by Gasteiger charge is -2.30. The molecular weight excluding hydrogens is 388 g/mol. The van der Waals surface area contributed by atoms with E-state index in [1.54, 1.807) is 30.3 Å². The summed E-state index contributed by atoms with van der Waals surface area (Å²) in [6.45, 7) is 0.672. The minimum Gasteiger partial charge on any atom is -0.423 e. The van der Waals surface area contributed by atoms with Gasteiger partial charge in [-0.1, -0.05) is 36.2 Å². The molecule has 0 amide bonds. The number of sulfonamides is 1. The van der Waals surface area contributed by atoms with Gasteiger partial charge in [-0.25, -0.2) is 4.79 Å². The van der Waals surface area contributed by atoms with E-state index in [1.165, 1.54) is 12.1 Å². The molecule has 0 aliphatic carbocycles. The third kappa shape index (κ3) is 3.44. The van der Waals surface area contributed by atoms with Crippen LogP contribution in [0.15, 0.2) is 51.8 Å². The third-order valence-corrected chi connectivity index (χ3v) is 6.26. The van der Waals surface area contributed by atoms with Crippen LogP contribution in [0.3, 0.4) is 0 Å². The van der Waals surface area contributed by atoms with Gasteiger partial charge in [0.15, 0.2) is 0 Å². The maximum Gasteiger partial charge on any atom is 0.345 e. The number of para-hydroxylation sites is 1. The quantitative estimate of drug-likeness (QED) is 0.557. The van der Waals surface area contributed by atoms with Gasteiger partial charge in [-0.05, 0) is 37.1 Å². The summed E-state index contributed by atoms with van der Waals surface area (Å²) in [5.41, 5.74) is 0.472. The van der Waals surface area contributed by atoms with Crippen molar-refractivity contribution in [2.75, 3.05) is 11.4 Å². The van der Waals surface area contributed by atoms with Crippen LogP contribution >= 0.6 is 11.6 Å². The smallest absolute Gasteiger partial charge is 0.345 e. The first kappa shape index (κ1) is 18.0. The number of benzene rings is 2. The van der Waals surface area contributed by atoms with Crippen molar-refractivity contribution in [2.24, 2.45) is 4.40 Å². The lowest BCUT2D eigenvalue weighted by atomic mass is 10.1. The Kier molecular flexibility index (Phi) is 4.65. The van der Waals surface area contributed by atoms with E-state index in [0.717, 1.165) is 19.3 Å². The molecule has 2 aromatic rings. The van der Waals surface area contributed by atoms with Crippen molar-refractivity contribution in [3.8, 4) is 5.75 Å². The van der Waals surface area contributed by atoms with Crippen molar-refractivity contribution >= 4 is 39.1 Å². The standard InChI is InChI=1S/C19H17ClN2O4S/c20-15-12-16-17(11-14(15)19(23)26-13-7-3-1-4-8-13)27(24,25)21-18-9-5-2-6-10-22(16)18/h1,3-4,7-8,11-12H,2,5-6,9-10H2. The molecule has 2 heterocycles. The highest BCUT2D eigenvalue weighted by Gasteiger charge is 2.33. The molecule has 6 nitrogen and oxygen atoms in total. The SMILES string of the molecule is O=C(Oc1ccccc1)c1cc2c(cc1Cl)N1CCCCCC1=NS2(=O)=O. The van der Waals surface area contributed by atoms with Crippen LogP contribution in [0.4, 0.5) is 5.69 Å². The fourth-order valence-electron chi connectivity index (χ4n) is 3.30. The van der Waals surface area contributed by atoms with Gasteiger partial charge in [-0.2, -0.15) is 8.42 Å². The Bertz CT molecular complexity index is 1040. The Balaban J connectivity index is 1.76.